The molecule has 0 amide bonds. The van der Waals surface area contributed by atoms with Crippen LogP contribution in [0.5, 0.6) is 0 Å². The summed E-state index contributed by atoms with van der Waals surface area (Å²) in [6.07, 6.45) is 2.42. The molecule has 2 fully saturated rings. The molecule has 1 saturated carbocycles. The van der Waals surface area contributed by atoms with Gasteiger partial charge in [0.25, 0.3) is 5.56 Å². The number of aromatic amines is 1. The summed E-state index contributed by atoms with van der Waals surface area (Å²) >= 11 is 0. The Balaban J connectivity index is 1.20. The van der Waals surface area contributed by atoms with Crippen molar-refractivity contribution in [2.45, 2.75) is 31.8 Å². The van der Waals surface area contributed by atoms with E-state index in [1.807, 2.05) is 24.3 Å². The van der Waals surface area contributed by atoms with Crippen LogP contribution in [0.25, 0.3) is 11.0 Å². The van der Waals surface area contributed by atoms with E-state index in [1.165, 1.54) is 12.8 Å². The summed E-state index contributed by atoms with van der Waals surface area (Å²) in [5.41, 5.74) is 3.20. The van der Waals surface area contributed by atoms with Gasteiger partial charge in [0.05, 0.1) is 29.8 Å². The van der Waals surface area contributed by atoms with Crippen molar-refractivity contribution in [2.75, 3.05) is 13.1 Å². The highest BCUT2D eigenvalue weighted by Gasteiger charge is 2.29. The fourth-order valence-corrected chi connectivity index (χ4v) is 3.65. The van der Waals surface area contributed by atoms with E-state index in [4.69, 9.17) is 0 Å². The van der Waals surface area contributed by atoms with E-state index in [2.05, 4.69) is 26.0 Å². The third kappa shape index (κ3) is 2.98. The van der Waals surface area contributed by atoms with Gasteiger partial charge >= 0.3 is 0 Å². The Kier molecular flexibility index (Phi) is 3.45. The Morgan fingerprint density at radius 2 is 1.96 bits per heavy atom. The fraction of sp³-hybridized carbons (Fsp3) is 0.421. The molecular weight excluding hydrogens is 314 g/mol. The van der Waals surface area contributed by atoms with E-state index >= 15 is 0 Å². The lowest BCUT2D eigenvalue weighted by molar-refractivity contribution is 0.0742. The number of nitrogens with one attached hydrogen (secondary N) is 1. The van der Waals surface area contributed by atoms with Gasteiger partial charge in [0.15, 0.2) is 0 Å². The van der Waals surface area contributed by atoms with Crippen molar-refractivity contribution in [1.29, 1.82) is 0 Å². The normalized spacial score (nSPS) is 18.6. The molecule has 0 atom stereocenters. The maximum Gasteiger partial charge on any atom is 0.266 e. The van der Waals surface area contributed by atoms with Gasteiger partial charge in [-0.15, -0.1) is 0 Å². The van der Waals surface area contributed by atoms with Gasteiger partial charge in [0, 0.05) is 31.0 Å². The zero-order valence-corrected chi connectivity index (χ0v) is 14.1. The Bertz CT molecular complexity index is 932. The first-order valence-corrected chi connectivity index (χ1v) is 8.98. The third-order valence-corrected chi connectivity index (χ3v) is 5.16. The van der Waals surface area contributed by atoms with Crippen LogP contribution in [0.1, 0.15) is 30.3 Å². The summed E-state index contributed by atoms with van der Waals surface area (Å²) in [6, 6.07) is 11.7. The average Bonchev–Trinajstić information content (AvgIpc) is 3.34. The van der Waals surface area contributed by atoms with Crippen molar-refractivity contribution in [3.63, 3.8) is 0 Å². The van der Waals surface area contributed by atoms with E-state index in [9.17, 15) is 4.79 Å². The summed E-state index contributed by atoms with van der Waals surface area (Å²) in [4.78, 5) is 22.4. The summed E-state index contributed by atoms with van der Waals surface area (Å²) in [6.45, 7) is 3.52. The van der Waals surface area contributed by atoms with Crippen molar-refractivity contribution in [1.82, 2.24) is 24.6 Å². The second-order valence-corrected chi connectivity index (χ2v) is 7.31. The van der Waals surface area contributed by atoms with Crippen LogP contribution in [0.15, 0.2) is 41.2 Å². The first kappa shape index (κ1) is 14.8. The number of para-hydroxylation sites is 2. The van der Waals surface area contributed by atoms with Crippen LogP contribution in [0, 0.1) is 5.92 Å². The molecule has 6 heteroatoms. The lowest BCUT2D eigenvalue weighted by Gasteiger charge is -2.38. The highest BCUT2D eigenvalue weighted by atomic mass is 16.1. The number of H-pyrrole nitrogens is 1. The number of fused-ring (bicyclic) bond motifs is 1. The molecule has 0 radical (unpaired) electrons. The molecule has 3 heterocycles. The molecule has 0 unspecified atom stereocenters. The quantitative estimate of drug-likeness (QED) is 0.776. The number of hydrogen-bond acceptors (Lipinski definition) is 4. The summed E-state index contributed by atoms with van der Waals surface area (Å²) in [7, 11) is 0. The van der Waals surface area contributed by atoms with Crippen molar-refractivity contribution >= 4 is 11.0 Å². The van der Waals surface area contributed by atoms with E-state index in [0.29, 0.717) is 11.8 Å². The molecule has 0 bridgehead atoms. The molecule has 1 aliphatic carbocycles. The number of hydrogen-bond donors (Lipinski definition) is 1. The Labute approximate surface area is 145 Å². The van der Waals surface area contributed by atoms with Crippen LogP contribution in [0.2, 0.25) is 0 Å². The maximum atomic E-state index is 12.0. The van der Waals surface area contributed by atoms with Crippen LogP contribution in [0.4, 0.5) is 0 Å². The van der Waals surface area contributed by atoms with Crippen LogP contribution in [-0.2, 0) is 13.1 Å². The second-order valence-electron chi connectivity index (χ2n) is 7.31. The first-order valence-electron chi connectivity index (χ1n) is 8.98. The van der Waals surface area contributed by atoms with Crippen LogP contribution >= 0.6 is 0 Å². The molecule has 1 saturated heterocycles. The predicted octanol–water partition coefficient (Wildman–Crippen LogP) is 2.13. The highest BCUT2D eigenvalue weighted by Crippen LogP contribution is 2.38. The molecule has 1 aromatic carbocycles. The summed E-state index contributed by atoms with van der Waals surface area (Å²) in [5, 5.41) is 4.56. The average molecular weight is 335 g/mol. The van der Waals surface area contributed by atoms with Crippen LogP contribution < -0.4 is 5.56 Å². The van der Waals surface area contributed by atoms with Gasteiger partial charge in [-0.1, -0.05) is 12.1 Å². The van der Waals surface area contributed by atoms with E-state index in [0.717, 1.165) is 48.7 Å². The van der Waals surface area contributed by atoms with Crippen LogP contribution in [0.3, 0.4) is 0 Å². The van der Waals surface area contributed by atoms with Gasteiger partial charge < -0.3 is 4.98 Å². The molecule has 1 aliphatic heterocycles. The minimum atomic E-state index is 0.0140. The number of aromatic nitrogens is 4. The standard InChI is InChI=1S/C19H21N5O/c25-19-8-7-15(14-5-6-14)22-24(19)11-13-9-23(10-13)12-18-20-16-3-1-2-4-17(16)21-18/h1-4,7-8,13-14H,5-6,9-12H2,(H,20,21). The fourth-order valence-electron chi connectivity index (χ4n) is 3.65. The molecule has 2 aliphatic rings. The molecule has 5 rings (SSSR count). The van der Waals surface area contributed by atoms with Gasteiger partial charge in [-0.25, -0.2) is 9.67 Å². The molecule has 6 nitrogen and oxygen atoms in total. The van der Waals surface area contributed by atoms with Crippen molar-refractivity contribution < 1.29 is 0 Å². The number of imidazole rings is 1. The zero-order valence-electron chi connectivity index (χ0n) is 14.1. The van der Waals surface area contributed by atoms with E-state index < -0.39 is 0 Å². The molecule has 2 aromatic heterocycles. The summed E-state index contributed by atoms with van der Waals surface area (Å²) < 4.78 is 1.66. The second kappa shape index (κ2) is 5.81. The number of benzene rings is 1. The molecule has 3 aromatic rings. The first-order chi connectivity index (χ1) is 12.2. The Hall–Kier alpha value is -2.47. The molecule has 128 valence electrons. The SMILES string of the molecule is O=c1ccc(C2CC2)nn1CC1CN(Cc2nc3ccccc3[nH]2)C1. The minimum absolute atomic E-state index is 0.0140. The predicted molar refractivity (Wildman–Crippen MR) is 95.3 cm³/mol. The smallest absolute Gasteiger partial charge is 0.266 e. The van der Waals surface area contributed by atoms with Gasteiger partial charge in [0.2, 0.25) is 0 Å². The molecule has 0 spiro atoms. The molecular formula is C19H21N5O. The topological polar surface area (TPSA) is 66.8 Å². The molecule has 25 heavy (non-hydrogen) atoms. The lowest BCUT2D eigenvalue weighted by atomic mass is 10.0. The van der Waals surface area contributed by atoms with Crippen LogP contribution in [-0.4, -0.2) is 37.7 Å². The van der Waals surface area contributed by atoms with Gasteiger partial charge in [-0.2, -0.15) is 5.10 Å². The van der Waals surface area contributed by atoms with Crippen molar-refractivity contribution in [2.24, 2.45) is 5.92 Å². The van der Waals surface area contributed by atoms with Gasteiger partial charge in [-0.05, 0) is 31.0 Å². The zero-order chi connectivity index (χ0) is 16.8. The molecule has 1 N–H and O–H groups in total. The largest absolute Gasteiger partial charge is 0.341 e. The van der Waals surface area contributed by atoms with Crippen molar-refractivity contribution in [3.8, 4) is 0 Å². The number of likely N-dealkylation sites (tertiary alicyclic amines) is 1. The van der Waals surface area contributed by atoms with E-state index in [1.54, 1.807) is 10.7 Å². The van der Waals surface area contributed by atoms with E-state index in [-0.39, 0.29) is 5.56 Å². The minimum Gasteiger partial charge on any atom is -0.341 e. The number of rotatable bonds is 5. The lowest BCUT2D eigenvalue weighted by Crippen LogP contribution is -2.49. The van der Waals surface area contributed by atoms with Gasteiger partial charge in [-0.3, -0.25) is 9.69 Å². The van der Waals surface area contributed by atoms with Gasteiger partial charge in [0.1, 0.15) is 5.82 Å². The monoisotopic (exact) mass is 335 g/mol. The highest BCUT2D eigenvalue weighted by molar-refractivity contribution is 5.74. The summed E-state index contributed by atoms with van der Waals surface area (Å²) in [5.74, 6) is 2.08. The Morgan fingerprint density at radius 3 is 2.76 bits per heavy atom. The third-order valence-electron chi connectivity index (χ3n) is 5.16. The Morgan fingerprint density at radius 1 is 1.12 bits per heavy atom. The maximum absolute atomic E-state index is 12.0. The number of nitrogens with zero attached hydrogens (tertiary/aromatic N) is 4. The van der Waals surface area contributed by atoms with Crippen molar-refractivity contribution in [3.05, 3.63) is 58.3 Å².